The predicted molar refractivity (Wildman–Crippen MR) is 284 cm³/mol. The van der Waals surface area contributed by atoms with Crippen LogP contribution in [-0.2, 0) is 24.7 Å². The van der Waals surface area contributed by atoms with Gasteiger partial charge in [0.2, 0.25) is 0 Å². The number of rotatable bonds is 13. The lowest BCUT2D eigenvalue weighted by Crippen LogP contribution is -2.61. The van der Waals surface area contributed by atoms with E-state index in [1.54, 1.807) is 0 Å². The Morgan fingerprint density at radius 3 is 1.74 bits per heavy atom. The number of benzene rings is 8. The van der Waals surface area contributed by atoms with Gasteiger partial charge in [0.05, 0.1) is 5.69 Å². The molecular weight excluding hydrogens is 796 g/mol. The molecule has 2 aliphatic heterocycles. The highest BCUT2D eigenvalue weighted by Crippen LogP contribution is 2.54. The number of hydrogen-bond donors (Lipinski definition) is 0. The van der Waals surface area contributed by atoms with E-state index in [-0.39, 0.29) is 12.3 Å². The van der Waals surface area contributed by atoms with Crippen LogP contribution in [-0.4, -0.2) is 6.85 Å². The van der Waals surface area contributed by atoms with Crippen molar-refractivity contribution in [2.75, 3.05) is 9.71 Å². The van der Waals surface area contributed by atoms with Crippen LogP contribution in [0.5, 0.6) is 0 Å². The van der Waals surface area contributed by atoms with Crippen LogP contribution < -0.4 is 20.6 Å². The van der Waals surface area contributed by atoms with E-state index >= 15 is 0 Å². The predicted octanol–water partition coefficient (Wildman–Crippen LogP) is 16.1. The van der Waals surface area contributed by atoms with Crippen LogP contribution in [0.3, 0.4) is 0 Å². The summed E-state index contributed by atoms with van der Waals surface area (Å²) in [6, 6.07) is 65.9. The molecule has 0 spiro atoms. The van der Waals surface area contributed by atoms with Gasteiger partial charge in [-0.3, -0.25) is 0 Å². The van der Waals surface area contributed by atoms with Gasteiger partial charge in [-0.05, 0) is 159 Å². The van der Waals surface area contributed by atoms with Gasteiger partial charge in [-0.2, -0.15) is 0 Å². The smallest absolute Gasteiger partial charge is 0.333 e. The zero-order valence-electron chi connectivity index (χ0n) is 39.5. The van der Waals surface area contributed by atoms with Crippen LogP contribution in [0.25, 0.3) is 44.5 Å². The first-order valence-corrected chi connectivity index (χ1v) is 24.9. The zero-order chi connectivity index (χ0) is 44.9. The van der Waals surface area contributed by atoms with Gasteiger partial charge in [0, 0.05) is 39.3 Å². The molecule has 0 radical (unpaired) electrons. The fourth-order valence-corrected chi connectivity index (χ4v) is 11.4. The fourth-order valence-electron chi connectivity index (χ4n) is 11.4. The maximum Gasteiger partial charge on any atom is 0.333 e. The van der Waals surface area contributed by atoms with Crippen molar-refractivity contribution in [3.8, 4) is 44.5 Å². The molecule has 0 bridgehead atoms. The van der Waals surface area contributed by atoms with Gasteiger partial charge in [0.15, 0.2) is 0 Å². The van der Waals surface area contributed by atoms with Crippen LogP contribution in [0.1, 0.15) is 101 Å². The Kier molecular flexibility index (Phi) is 11.1. The molecule has 0 N–H and O–H groups in total. The van der Waals surface area contributed by atoms with Crippen LogP contribution in [0.15, 0.2) is 170 Å². The van der Waals surface area contributed by atoms with Crippen molar-refractivity contribution in [1.82, 2.24) is 0 Å². The lowest BCUT2D eigenvalue weighted by molar-refractivity contribution is 0.661. The second kappa shape index (κ2) is 17.3. The van der Waals surface area contributed by atoms with E-state index in [1.807, 2.05) is 0 Å². The standard InChI is InChI=1S/C63H61BN2/c1-6-9-20-43-29-33-49(34-30-43)66-59-38-45(22-11-8-3)31-35-51(59)54-39-48(46-23-14-12-15-24-46)40-61-62(54)64(66)57-42-56-53(50-27-18-19-28-55(50)63(56,4)5)41-60(57)65(61)58-36-32-44(21-10-7-2)37-52(58)47-25-16-13-17-26-47/h12-19,23-42H,6-11,20-22H2,1-5H3. The molecule has 2 heterocycles. The molecule has 0 saturated heterocycles. The van der Waals surface area contributed by atoms with E-state index in [4.69, 9.17) is 0 Å². The van der Waals surface area contributed by atoms with Crippen molar-refractivity contribution in [2.45, 2.75) is 97.8 Å². The second-order valence-electron chi connectivity index (χ2n) is 19.6. The van der Waals surface area contributed by atoms with E-state index in [0.717, 1.165) is 19.3 Å². The summed E-state index contributed by atoms with van der Waals surface area (Å²) in [5.74, 6) is 0. The van der Waals surface area contributed by atoms with Gasteiger partial charge >= 0.3 is 6.85 Å². The molecule has 11 rings (SSSR count). The molecule has 3 heteroatoms. The number of fused-ring (bicyclic) bond motifs is 7. The van der Waals surface area contributed by atoms with Crippen molar-refractivity contribution in [1.29, 1.82) is 0 Å². The maximum atomic E-state index is 2.73. The highest BCUT2D eigenvalue weighted by atomic mass is 15.2. The number of hydrogen-bond acceptors (Lipinski definition) is 2. The molecule has 0 fully saturated rings. The summed E-state index contributed by atoms with van der Waals surface area (Å²) in [5, 5.41) is 0. The first-order valence-electron chi connectivity index (χ1n) is 24.9. The third-order valence-electron chi connectivity index (χ3n) is 15.0. The second-order valence-corrected chi connectivity index (χ2v) is 19.6. The molecule has 3 aliphatic rings. The van der Waals surface area contributed by atoms with E-state index in [2.05, 4.69) is 214 Å². The minimum absolute atomic E-state index is 0.0738. The van der Waals surface area contributed by atoms with Gasteiger partial charge < -0.3 is 9.71 Å². The quantitative estimate of drug-likeness (QED) is 0.107. The summed E-state index contributed by atoms with van der Waals surface area (Å²) in [6.07, 6.45) is 10.3. The van der Waals surface area contributed by atoms with Crippen molar-refractivity contribution in [3.05, 3.63) is 198 Å². The van der Waals surface area contributed by atoms with Crippen molar-refractivity contribution in [2.24, 2.45) is 0 Å². The summed E-state index contributed by atoms with van der Waals surface area (Å²) >= 11 is 0. The van der Waals surface area contributed by atoms with Gasteiger partial charge in [0.25, 0.3) is 0 Å². The lowest BCUT2D eigenvalue weighted by atomic mass is 9.43. The average Bonchev–Trinajstić information content (AvgIpc) is 3.59. The molecule has 0 unspecified atom stereocenters. The molecule has 326 valence electrons. The Morgan fingerprint density at radius 2 is 1.03 bits per heavy atom. The van der Waals surface area contributed by atoms with Gasteiger partial charge in [-0.1, -0.05) is 175 Å². The third kappa shape index (κ3) is 7.10. The van der Waals surface area contributed by atoms with Gasteiger partial charge in [-0.25, -0.2) is 0 Å². The van der Waals surface area contributed by atoms with Crippen LogP contribution in [0.4, 0.5) is 28.4 Å². The van der Waals surface area contributed by atoms with E-state index in [0.29, 0.717) is 0 Å². The highest BCUT2D eigenvalue weighted by Gasteiger charge is 2.48. The SMILES string of the molecule is CCCCc1ccc(N2B3c4cc5c(cc4N(c4ccc(CCCC)cc4-c4ccccc4)c4cc(-c6ccccc6)cc(c43)-c3ccc(CCCC)cc32)-c2ccccc2C5(C)C)cc1. The fraction of sp³-hybridized carbons (Fsp3) is 0.238. The number of aryl methyl sites for hydroxylation is 3. The third-order valence-corrected chi connectivity index (χ3v) is 15.0. The molecule has 0 aromatic heterocycles. The summed E-state index contributed by atoms with van der Waals surface area (Å²) in [7, 11) is 0. The minimum Gasteiger partial charge on any atom is -0.376 e. The van der Waals surface area contributed by atoms with Crippen LogP contribution in [0, 0.1) is 0 Å². The number of unbranched alkanes of at least 4 members (excludes halogenated alkanes) is 3. The molecule has 1 aliphatic carbocycles. The van der Waals surface area contributed by atoms with Crippen LogP contribution in [0.2, 0.25) is 0 Å². The Bertz CT molecular complexity index is 3070. The highest BCUT2D eigenvalue weighted by molar-refractivity contribution is 6.93. The van der Waals surface area contributed by atoms with Crippen molar-refractivity contribution >= 4 is 46.2 Å². The molecule has 0 atom stereocenters. The number of anilines is 5. The largest absolute Gasteiger partial charge is 0.376 e. The first-order chi connectivity index (χ1) is 32.4. The van der Waals surface area contributed by atoms with Crippen LogP contribution >= 0.6 is 0 Å². The Hall–Kier alpha value is -6.58. The number of nitrogens with zero attached hydrogens (tertiary/aromatic N) is 2. The molecule has 2 nitrogen and oxygen atoms in total. The topological polar surface area (TPSA) is 6.48 Å². The molecule has 8 aromatic rings. The Balaban J connectivity index is 1.26. The molecule has 66 heavy (non-hydrogen) atoms. The summed E-state index contributed by atoms with van der Waals surface area (Å²) < 4.78 is 0. The summed E-state index contributed by atoms with van der Waals surface area (Å²) in [5.41, 5.74) is 26.1. The van der Waals surface area contributed by atoms with Gasteiger partial charge in [-0.15, -0.1) is 0 Å². The molecule has 8 aromatic carbocycles. The maximum absolute atomic E-state index is 2.73. The van der Waals surface area contributed by atoms with Gasteiger partial charge in [0.1, 0.15) is 0 Å². The van der Waals surface area contributed by atoms with E-state index in [9.17, 15) is 0 Å². The Labute approximate surface area is 394 Å². The van der Waals surface area contributed by atoms with E-state index < -0.39 is 0 Å². The normalized spacial score (nSPS) is 13.8. The lowest BCUT2D eigenvalue weighted by Gasteiger charge is -2.47. The summed E-state index contributed by atoms with van der Waals surface area (Å²) in [6.45, 7) is 11.7. The van der Waals surface area contributed by atoms with E-state index in [1.165, 1.54) is 150 Å². The van der Waals surface area contributed by atoms with Crippen molar-refractivity contribution in [3.63, 3.8) is 0 Å². The monoisotopic (exact) mass is 856 g/mol. The molecule has 0 amide bonds. The first kappa shape index (κ1) is 42.1. The molecular formula is C63H61BN2. The molecule has 0 saturated carbocycles. The Morgan fingerprint density at radius 1 is 0.409 bits per heavy atom. The average molecular weight is 857 g/mol. The minimum atomic E-state index is -0.159. The summed E-state index contributed by atoms with van der Waals surface area (Å²) in [4.78, 5) is 5.40. The zero-order valence-corrected chi connectivity index (χ0v) is 39.5. The van der Waals surface area contributed by atoms with Crippen molar-refractivity contribution < 1.29 is 0 Å².